The van der Waals surface area contributed by atoms with Crippen molar-refractivity contribution in [1.29, 1.82) is 0 Å². The van der Waals surface area contributed by atoms with Crippen molar-refractivity contribution in [2.45, 2.75) is 6.92 Å². The molecule has 2 rings (SSSR count). The molecule has 2 aromatic rings. The lowest BCUT2D eigenvalue weighted by Crippen LogP contribution is -1.99. The Morgan fingerprint density at radius 2 is 1.71 bits per heavy atom. The summed E-state index contributed by atoms with van der Waals surface area (Å²) in [4.78, 5) is 0. The zero-order valence-corrected chi connectivity index (χ0v) is 17.0. The largest absolute Gasteiger partial charge is 0.275 e. The molecule has 0 radical (unpaired) electrons. The second kappa shape index (κ2) is 7.47. The van der Waals surface area contributed by atoms with E-state index >= 15 is 0 Å². The van der Waals surface area contributed by atoms with Crippen molar-refractivity contribution >= 4 is 81.8 Å². The summed E-state index contributed by atoms with van der Waals surface area (Å²) in [6.45, 7) is 2.00. The zero-order chi connectivity index (χ0) is 15.6. The molecule has 0 fully saturated rings. The van der Waals surface area contributed by atoms with E-state index in [1.807, 2.05) is 25.1 Å². The maximum absolute atomic E-state index is 6.19. The summed E-state index contributed by atoms with van der Waals surface area (Å²) in [5, 5.41) is 5.21. The summed E-state index contributed by atoms with van der Waals surface area (Å²) < 4.78 is 2.78. The van der Waals surface area contributed by atoms with E-state index in [1.54, 1.807) is 12.1 Å². The number of hydrogen-bond acceptors (Lipinski definition) is 2. The molecule has 0 spiro atoms. The van der Waals surface area contributed by atoms with Gasteiger partial charge in [-0.3, -0.25) is 5.43 Å². The van der Waals surface area contributed by atoms with E-state index in [4.69, 9.17) is 23.2 Å². The molecule has 0 heterocycles. The van der Waals surface area contributed by atoms with Crippen LogP contribution in [0.15, 0.2) is 48.9 Å². The Kier molecular flexibility index (Phi) is 6.15. The third kappa shape index (κ3) is 4.23. The Labute approximate surface area is 158 Å². The van der Waals surface area contributed by atoms with Crippen LogP contribution in [0.5, 0.6) is 0 Å². The van der Waals surface area contributed by atoms with Gasteiger partial charge in [0.15, 0.2) is 5.17 Å². The molecule has 2 aromatic carbocycles. The van der Waals surface area contributed by atoms with Crippen LogP contribution in [-0.2, 0) is 0 Å². The van der Waals surface area contributed by atoms with Gasteiger partial charge in [-0.1, -0.05) is 51.3 Å². The number of benzene rings is 2. The molecule has 7 heteroatoms. The summed E-state index contributed by atoms with van der Waals surface area (Å²) >= 11 is 22.6. The predicted molar refractivity (Wildman–Crippen MR) is 102 cm³/mol. The van der Waals surface area contributed by atoms with Gasteiger partial charge in [-0.05, 0) is 62.5 Å². The van der Waals surface area contributed by atoms with Crippen LogP contribution >= 0.6 is 71.0 Å². The van der Waals surface area contributed by atoms with Crippen LogP contribution in [0.1, 0.15) is 11.1 Å². The second-order valence-electron chi connectivity index (χ2n) is 4.18. The van der Waals surface area contributed by atoms with Gasteiger partial charge in [0.1, 0.15) is 0 Å². The summed E-state index contributed by atoms with van der Waals surface area (Å²) in [6.07, 6.45) is 0. The van der Waals surface area contributed by atoms with E-state index in [-0.39, 0.29) is 0 Å². The highest BCUT2D eigenvalue weighted by Crippen LogP contribution is 2.38. The topological polar surface area (TPSA) is 24.4 Å². The fraction of sp³-hybridized carbons (Fsp3) is 0.0714. The SMILES string of the molecule is Cc1c(Br)cc(Br)c(NN=C(Cl)c2ccc(Cl)cc2)c1Br. The first kappa shape index (κ1) is 17.3. The number of nitrogens with zero attached hydrogens (tertiary/aromatic N) is 1. The molecule has 0 bridgehead atoms. The van der Waals surface area contributed by atoms with Gasteiger partial charge in [-0.15, -0.1) is 0 Å². The van der Waals surface area contributed by atoms with Crippen molar-refractivity contribution in [3.8, 4) is 0 Å². The van der Waals surface area contributed by atoms with Crippen LogP contribution < -0.4 is 5.43 Å². The molecule has 21 heavy (non-hydrogen) atoms. The Balaban J connectivity index is 2.29. The summed E-state index contributed by atoms with van der Waals surface area (Å²) in [7, 11) is 0. The first-order valence-electron chi connectivity index (χ1n) is 5.79. The van der Waals surface area contributed by atoms with Crippen LogP contribution in [0.4, 0.5) is 5.69 Å². The van der Waals surface area contributed by atoms with Crippen molar-refractivity contribution in [2.24, 2.45) is 5.10 Å². The highest BCUT2D eigenvalue weighted by molar-refractivity contribution is 9.11. The minimum absolute atomic E-state index is 0.353. The van der Waals surface area contributed by atoms with Crippen molar-refractivity contribution in [3.63, 3.8) is 0 Å². The van der Waals surface area contributed by atoms with Crippen LogP contribution in [0.2, 0.25) is 5.02 Å². The number of anilines is 1. The van der Waals surface area contributed by atoms with Crippen molar-refractivity contribution in [1.82, 2.24) is 0 Å². The maximum Gasteiger partial charge on any atom is 0.156 e. The van der Waals surface area contributed by atoms with E-state index in [9.17, 15) is 0 Å². The molecule has 0 amide bonds. The Bertz CT molecular complexity index is 700. The van der Waals surface area contributed by atoms with Gasteiger partial charge in [0.25, 0.3) is 0 Å². The number of hydrogen-bond donors (Lipinski definition) is 1. The Morgan fingerprint density at radius 1 is 1.10 bits per heavy atom. The van der Waals surface area contributed by atoms with Gasteiger partial charge in [-0.2, -0.15) is 5.10 Å². The molecule has 0 aliphatic heterocycles. The molecule has 0 aromatic heterocycles. The van der Waals surface area contributed by atoms with E-state index in [0.717, 1.165) is 30.2 Å². The summed E-state index contributed by atoms with van der Waals surface area (Å²) in [5.74, 6) is 0. The van der Waals surface area contributed by atoms with E-state index in [0.29, 0.717) is 10.2 Å². The number of nitrogens with one attached hydrogen (secondary N) is 1. The standard InChI is InChI=1S/C14H9Br3Cl2N2/c1-7-10(15)6-11(16)13(12(7)17)20-21-14(19)8-2-4-9(18)5-3-8/h2-6,20H,1H3. The highest BCUT2D eigenvalue weighted by atomic mass is 79.9. The van der Waals surface area contributed by atoms with E-state index in [1.165, 1.54) is 0 Å². The minimum Gasteiger partial charge on any atom is -0.275 e. The third-order valence-electron chi connectivity index (χ3n) is 2.75. The number of halogens is 5. The van der Waals surface area contributed by atoms with Gasteiger partial charge in [0, 0.05) is 24.0 Å². The quantitative estimate of drug-likeness (QED) is 0.347. The Morgan fingerprint density at radius 3 is 2.33 bits per heavy atom. The molecular formula is C14H9Br3Cl2N2. The lowest BCUT2D eigenvalue weighted by Gasteiger charge is -2.11. The first-order valence-corrected chi connectivity index (χ1v) is 8.93. The van der Waals surface area contributed by atoms with Crippen LogP contribution in [0.3, 0.4) is 0 Å². The lowest BCUT2D eigenvalue weighted by atomic mass is 10.2. The van der Waals surface area contributed by atoms with E-state index in [2.05, 4.69) is 58.3 Å². The molecule has 1 N–H and O–H groups in total. The molecule has 0 unspecified atom stereocenters. The smallest absolute Gasteiger partial charge is 0.156 e. The van der Waals surface area contributed by atoms with Crippen LogP contribution in [-0.4, -0.2) is 5.17 Å². The third-order valence-corrected chi connectivity index (χ3v) is 5.74. The van der Waals surface area contributed by atoms with Gasteiger partial charge >= 0.3 is 0 Å². The minimum atomic E-state index is 0.353. The fourth-order valence-electron chi connectivity index (χ4n) is 1.55. The van der Waals surface area contributed by atoms with Crippen LogP contribution in [0.25, 0.3) is 0 Å². The Hall–Kier alpha value is -0.0700. The second-order valence-corrected chi connectivity index (χ2v) is 7.47. The molecule has 0 aliphatic carbocycles. The molecule has 110 valence electrons. The molecule has 0 saturated carbocycles. The van der Waals surface area contributed by atoms with Crippen molar-refractivity contribution < 1.29 is 0 Å². The molecule has 0 saturated heterocycles. The zero-order valence-electron chi connectivity index (χ0n) is 10.7. The molecule has 0 atom stereocenters. The van der Waals surface area contributed by atoms with Crippen LogP contribution in [0, 0.1) is 6.92 Å². The van der Waals surface area contributed by atoms with Gasteiger partial charge < -0.3 is 0 Å². The first-order chi connectivity index (χ1) is 9.90. The molecule has 0 aliphatic rings. The molecular weight excluding hydrogens is 507 g/mol. The fourth-order valence-corrected chi connectivity index (χ4v) is 4.14. The predicted octanol–water partition coefficient (Wildman–Crippen LogP) is 6.95. The molecule has 2 nitrogen and oxygen atoms in total. The summed E-state index contributed by atoms with van der Waals surface area (Å²) in [5.41, 5.74) is 5.63. The van der Waals surface area contributed by atoms with Gasteiger partial charge in [0.2, 0.25) is 0 Å². The van der Waals surface area contributed by atoms with Crippen molar-refractivity contribution in [3.05, 3.63) is 59.9 Å². The van der Waals surface area contributed by atoms with Crippen molar-refractivity contribution in [2.75, 3.05) is 5.43 Å². The normalized spacial score (nSPS) is 11.6. The summed E-state index contributed by atoms with van der Waals surface area (Å²) in [6, 6.07) is 9.11. The van der Waals surface area contributed by atoms with E-state index < -0.39 is 0 Å². The number of rotatable bonds is 3. The lowest BCUT2D eigenvalue weighted by molar-refractivity contribution is 1.28. The number of hydrazone groups is 1. The monoisotopic (exact) mass is 512 g/mol. The highest BCUT2D eigenvalue weighted by Gasteiger charge is 2.11. The van der Waals surface area contributed by atoms with Gasteiger partial charge in [0.05, 0.1) is 5.69 Å². The average Bonchev–Trinajstić information content (AvgIpc) is 2.45. The average molecular weight is 516 g/mol. The maximum atomic E-state index is 6.19. The van der Waals surface area contributed by atoms with Gasteiger partial charge in [-0.25, -0.2) is 0 Å².